The van der Waals surface area contributed by atoms with Crippen molar-refractivity contribution >= 4 is 5.96 Å². The van der Waals surface area contributed by atoms with E-state index in [0.717, 1.165) is 62.8 Å². The lowest BCUT2D eigenvalue weighted by Gasteiger charge is -2.34. The van der Waals surface area contributed by atoms with Crippen molar-refractivity contribution in [2.24, 2.45) is 4.99 Å². The highest BCUT2D eigenvalue weighted by Gasteiger charge is 2.22. The number of guanidine groups is 1. The predicted octanol–water partition coefficient (Wildman–Crippen LogP) is 2.31. The molecule has 0 radical (unpaired) electrons. The molecule has 29 heavy (non-hydrogen) atoms. The molecule has 1 fully saturated rings. The van der Waals surface area contributed by atoms with E-state index >= 15 is 0 Å². The number of likely N-dealkylation sites (tertiary alicyclic amines) is 1. The first kappa shape index (κ1) is 23.1. The predicted molar refractivity (Wildman–Crippen MR) is 113 cm³/mol. The average molecular weight is 410 g/mol. The number of ether oxygens (including phenoxy) is 5. The molecule has 1 aliphatic rings. The number of aliphatic imine (C=N–C) groups is 1. The SMILES string of the molecule is CN=C(NCc1cc(OC)c(OC)cc1OC)N1CCC(OCCCOC)CC1. The fourth-order valence-corrected chi connectivity index (χ4v) is 3.42. The van der Waals surface area contributed by atoms with Gasteiger partial charge in [0.05, 0.1) is 27.4 Å². The van der Waals surface area contributed by atoms with Crippen molar-refractivity contribution < 1.29 is 23.7 Å². The molecule has 0 spiro atoms. The lowest BCUT2D eigenvalue weighted by Crippen LogP contribution is -2.46. The Labute approximate surface area is 174 Å². The van der Waals surface area contributed by atoms with Crippen LogP contribution in [-0.4, -0.2) is 78.8 Å². The second-order valence-corrected chi connectivity index (χ2v) is 6.82. The minimum atomic E-state index is 0.312. The standard InChI is InChI=1S/C21H35N3O5/c1-22-21(24-9-7-17(8-10-24)29-12-6-11-25-2)23-15-16-13-19(27-4)20(28-5)14-18(16)26-3/h13-14,17H,6-12,15H2,1-5H3,(H,22,23). The summed E-state index contributed by atoms with van der Waals surface area (Å²) in [7, 11) is 8.41. The molecule has 1 N–H and O–H groups in total. The average Bonchev–Trinajstić information content (AvgIpc) is 2.77. The first-order valence-corrected chi connectivity index (χ1v) is 10.0. The molecule has 1 aromatic rings. The van der Waals surface area contributed by atoms with Crippen LogP contribution in [0.2, 0.25) is 0 Å². The molecule has 0 unspecified atom stereocenters. The summed E-state index contributed by atoms with van der Waals surface area (Å²) in [5, 5.41) is 3.44. The molecule has 0 amide bonds. The first-order chi connectivity index (χ1) is 14.2. The van der Waals surface area contributed by atoms with E-state index in [1.165, 1.54) is 0 Å². The van der Waals surface area contributed by atoms with Gasteiger partial charge in [-0.15, -0.1) is 0 Å². The van der Waals surface area contributed by atoms with Gasteiger partial charge in [-0.2, -0.15) is 0 Å². The van der Waals surface area contributed by atoms with Crippen LogP contribution in [0.1, 0.15) is 24.8 Å². The summed E-state index contributed by atoms with van der Waals surface area (Å²) in [5.41, 5.74) is 0.975. The van der Waals surface area contributed by atoms with Gasteiger partial charge in [-0.1, -0.05) is 0 Å². The van der Waals surface area contributed by atoms with Crippen LogP contribution in [0.3, 0.4) is 0 Å². The van der Waals surface area contributed by atoms with Gasteiger partial charge in [-0.25, -0.2) is 0 Å². The number of rotatable bonds is 10. The van der Waals surface area contributed by atoms with E-state index in [-0.39, 0.29) is 0 Å². The minimum absolute atomic E-state index is 0.312. The van der Waals surface area contributed by atoms with E-state index in [1.807, 2.05) is 19.2 Å². The maximum atomic E-state index is 5.94. The van der Waals surface area contributed by atoms with E-state index in [2.05, 4.69) is 15.2 Å². The van der Waals surface area contributed by atoms with Crippen molar-refractivity contribution in [3.8, 4) is 17.2 Å². The third-order valence-corrected chi connectivity index (χ3v) is 5.02. The molecule has 0 saturated carbocycles. The zero-order valence-corrected chi connectivity index (χ0v) is 18.3. The molecule has 8 heteroatoms. The monoisotopic (exact) mass is 409 g/mol. The fraction of sp³-hybridized carbons (Fsp3) is 0.667. The smallest absolute Gasteiger partial charge is 0.193 e. The lowest BCUT2D eigenvalue weighted by molar-refractivity contribution is 0.00989. The number of benzene rings is 1. The van der Waals surface area contributed by atoms with Gasteiger partial charge < -0.3 is 33.9 Å². The minimum Gasteiger partial charge on any atom is -0.496 e. The number of nitrogens with one attached hydrogen (secondary N) is 1. The zero-order valence-electron chi connectivity index (χ0n) is 18.3. The van der Waals surface area contributed by atoms with Gasteiger partial charge >= 0.3 is 0 Å². The summed E-state index contributed by atoms with van der Waals surface area (Å²) in [6.45, 7) is 3.90. The third kappa shape index (κ3) is 6.68. The Morgan fingerprint density at radius 1 is 1.00 bits per heavy atom. The Morgan fingerprint density at radius 2 is 1.66 bits per heavy atom. The number of hydrogen-bond acceptors (Lipinski definition) is 6. The van der Waals surface area contributed by atoms with Gasteiger partial charge in [-0.3, -0.25) is 4.99 Å². The van der Waals surface area contributed by atoms with Gasteiger partial charge in [0.15, 0.2) is 17.5 Å². The van der Waals surface area contributed by atoms with Crippen LogP contribution in [0.25, 0.3) is 0 Å². The maximum Gasteiger partial charge on any atom is 0.193 e. The summed E-state index contributed by atoms with van der Waals surface area (Å²) in [4.78, 5) is 6.71. The van der Waals surface area contributed by atoms with Gasteiger partial charge in [-0.05, 0) is 25.3 Å². The molecule has 0 aliphatic carbocycles. The lowest BCUT2D eigenvalue weighted by atomic mass is 10.1. The highest BCUT2D eigenvalue weighted by Crippen LogP contribution is 2.34. The van der Waals surface area contributed by atoms with Gasteiger partial charge in [0.1, 0.15) is 5.75 Å². The topological polar surface area (TPSA) is 73.8 Å². The Bertz CT molecular complexity index is 645. The normalized spacial score (nSPS) is 15.3. The van der Waals surface area contributed by atoms with Crippen molar-refractivity contribution in [2.75, 3.05) is 61.8 Å². The molecule has 1 saturated heterocycles. The van der Waals surface area contributed by atoms with E-state index in [9.17, 15) is 0 Å². The van der Waals surface area contributed by atoms with Crippen LogP contribution in [-0.2, 0) is 16.0 Å². The van der Waals surface area contributed by atoms with Crippen molar-refractivity contribution in [1.29, 1.82) is 0 Å². The summed E-state index contributed by atoms with van der Waals surface area (Å²) in [6.07, 6.45) is 3.24. The fourth-order valence-electron chi connectivity index (χ4n) is 3.42. The highest BCUT2D eigenvalue weighted by molar-refractivity contribution is 5.80. The van der Waals surface area contributed by atoms with Crippen LogP contribution < -0.4 is 19.5 Å². The number of piperidine rings is 1. The zero-order chi connectivity index (χ0) is 21.1. The highest BCUT2D eigenvalue weighted by atomic mass is 16.5. The largest absolute Gasteiger partial charge is 0.496 e. The van der Waals surface area contributed by atoms with Gasteiger partial charge in [0.25, 0.3) is 0 Å². The van der Waals surface area contributed by atoms with Gasteiger partial charge in [0.2, 0.25) is 0 Å². The van der Waals surface area contributed by atoms with Crippen LogP contribution in [0.4, 0.5) is 0 Å². The van der Waals surface area contributed by atoms with E-state index in [1.54, 1.807) is 28.4 Å². The van der Waals surface area contributed by atoms with E-state index < -0.39 is 0 Å². The molecule has 1 aromatic carbocycles. The van der Waals surface area contributed by atoms with Crippen LogP contribution in [0, 0.1) is 0 Å². The number of hydrogen-bond donors (Lipinski definition) is 1. The molecule has 0 atom stereocenters. The van der Waals surface area contributed by atoms with Crippen LogP contribution >= 0.6 is 0 Å². The van der Waals surface area contributed by atoms with Crippen molar-refractivity contribution in [3.05, 3.63) is 17.7 Å². The Kier molecular flexibility index (Phi) is 9.87. The molecule has 164 valence electrons. The second-order valence-electron chi connectivity index (χ2n) is 6.82. The summed E-state index contributed by atoms with van der Waals surface area (Å²) in [6, 6.07) is 3.77. The van der Waals surface area contributed by atoms with Gasteiger partial charge in [0, 0.05) is 58.6 Å². The quantitative estimate of drug-likeness (QED) is 0.361. The van der Waals surface area contributed by atoms with E-state index in [4.69, 9.17) is 23.7 Å². The molecule has 0 bridgehead atoms. The summed E-state index contributed by atoms with van der Waals surface area (Å²) in [5.74, 6) is 2.94. The molecule has 8 nitrogen and oxygen atoms in total. The number of methoxy groups -OCH3 is 4. The Morgan fingerprint density at radius 3 is 2.24 bits per heavy atom. The molecule has 1 aliphatic heterocycles. The van der Waals surface area contributed by atoms with Crippen molar-refractivity contribution in [3.63, 3.8) is 0 Å². The van der Waals surface area contributed by atoms with Crippen LogP contribution in [0.15, 0.2) is 17.1 Å². The maximum absolute atomic E-state index is 5.94. The molecule has 1 heterocycles. The Hall–Kier alpha value is -2.19. The number of nitrogens with zero attached hydrogens (tertiary/aromatic N) is 2. The molecular formula is C21H35N3O5. The first-order valence-electron chi connectivity index (χ1n) is 10.0. The molecular weight excluding hydrogens is 374 g/mol. The van der Waals surface area contributed by atoms with Crippen molar-refractivity contribution in [2.45, 2.75) is 31.9 Å². The summed E-state index contributed by atoms with van der Waals surface area (Å²) >= 11 is 0. The third-order valence-electron chi connectivity index (χ3n) is 5.02. The summed E-state index contributed by atoms with van der Waals surface area (Å²) < 4.78 is 27.3. The van der Waals surface area contributed by atoms with E-state index in [0.29, 0.717) is 24.1 Å². The molecule has 0 aromatic heterocycles. The van der Waals surface area contributed by atoms with Crippen molar-refractivity contribution in [1.82, 2.24) is 10.2 Å². The Balaban J connectivity index is 1.90. The van der Waals surface area contributed by atoms with Crippen LogP contribution in [0.5, 0.6) is 17.2 Å². The second kappa shape index (κ2) is 12.4. The molecule has 2 rings (SSSR count).